The largest absolute Gasteiger partial charge is 0.455 e. The van der Waals surface area contributed by atoms with Crippen molar-refractivity contribution in [1.29, 1.82) is 0 Å². The highest BCUT2D eigenvalue weighted by Crippen LogP contribution is 2.28. The smallest absolute Gasteiger partial charge is 0.311 e. The molecule has 0 unspecified atom stereocenters. The number of aryl methyl sites for hydroxylation is 2. The van der Waals surface area contributed by atoms with Crippen molar-refractivity contribution < 1.29 is 19.1 Å². The molecule has 0 bridgehead atoms. The molecule has 0 saturated carbocycles. The number of benzene rings is 2. The third-order valence-electron chi connectivity index (χ3n) is 4.91. The quantitative estimate of drug-likeness (QED) is 0.580. The van der Waals surface area contributed by atoms with Gasteiger partial charge in [-0.2, -0.15) is 0 Å². The van der Waals surface area contributed by atoms with Crippen LogP contribution in [0, 0.1) is 19.8 Å². The first-order chi connectivity index (χ1) is 13.9. The number of thioether (sulfide) groups is 1. The van der Waals surface area contributed by atoms with Gasteiger partial charge >= 0.3 is 5.97 Å². The monoisotopic (exact) mass is 412 g/mol. The van der Waals surface area contributed by atoms with E-state index in [-0.39, 0.29) is 25.5 Å². The molecule has 152 valence electrons. The fourth-order valence-electron chi connectivity index (χ4n) is 3.34. The van der Waals surface area contributed by atoms with E-state index in [1.165, 1.54) is 0 Å². The van der Waals surface area contributed by atoms with Crippen molar-refractivity contribution >= 4 is 40.9 Å². The molecule has 6 nitrogen and oxygen atoms in total. The van der Waals surface area contributed by atoms with Gasteiger partial charge in [0.2, 0.25) is 5.91 Å². The summed E-state index contributed by atoms with van der Waals surface area (Å²) in [5.41, 5.74) is 3.37. The Kier molecular flexibility index (Phi) is 6.59. The number of rotatable bonds is 6. The maximum absolute atomic E-state index is 12.4. The molecule has 1 saturated heterocycles. The number of esters is 1. The Labute approximate surface area is 174 Å². The molecule has 3 rings (SSSR count). The number of amides is 2. The number of anilines is 2. The topological polar surface area (TPSA) is 75.7 Å². The highest BCUT2D eigenvalue weighted by atomic mass is 32.2. The number of ether oxygens (including phenoxy) is 1. The minimum Gasteiger partial charge on any atom is -0.455 e. The SMILES string of the molecule is CSc1cccc(N2C[C@@H](C(=O)OCC(=O)Nc3c(C)cccc3C)CC2=O)c1. The van der Waals surface area contributed by atoms with Crippen molar-refractivity contribution in [3.63, 3.8) is 0 Å². The maximum atomic E-state index is 12.4. The van der Waals surface area contributed by atoms with Crippen LogP contribution >= 0.6 is 11.8 Å². The molecule has 0 aliphatic carbocycles. The summed E-state index contributed by atoms with van der Waals surface area (Å²) >= 11 is 1.59. The van der Waals surface area contributed by atoms with E-state index in [0.717, 1.165) is 27.4 Å². The van der Waals surface area contributed by atoms with Crippen molar-refractivity contribution in [2.75, 3.05) is 29.6 Å². The normalized spacial score (nSPS) is 16.0. The zero-order valence-corrected chi connectivity index (χ0v) is 17.5. The lowest BCUT2D eigenvalue weighted by Crippen LogP contribution is -2.28. The number of nitrogens with one attached hydrogen (secondary N) is 1. The van der Waals surface area contributed by atoms with Gasteiger partial charge in [0.05, 0.1) is 5.92 Å². The van der Waals surface area contributed by atoms with Crippen molar-refractivity contribution in [2.24, 2.45) is 5.92 Å². The molecule has 2 amide bonds. The van der Waals surface area contributed by atoms with E-state index >= 15 is 0 Å². The zero-order valence-electron chi connectivity index (χ0n) is 16.7. The van der Waals surface area contributed by atoms with Gasteiger partial charge in [0, 0.05) is 29.2 Å². The fourth-order valence-corrected chi connectivity index (χ4v) is 3.79. The van der Waals surface area contributed by atoms with Crippen LogP contribution in [0.1, 0.15) is 17.5 Å². The molecule has 0 radical (unpaired) electrons. The molecule has 0 aromatic heterocycles. The van der Waals surface area contributed by atoms with Gasteiger partial charge in [0.25, 0.3) is 5.91 Å². The molecule has 29 heavy (non-hydrogen) atoms. The van der Waals surface area contributed by atoms with Crippen LogP contribution in [0.5, 0.6) is 0 Å². The molecular weight excluding hydrogens is 388 g/mol. The second-order valence-corrected chi connectivity index (χ2v) is 7.91. The number of carbonyl (C=O) groups is 3. The van der Waals surface area contributed by atoms with Crippen LogP contribution in [0.3, 0.4) is 0 Å². The van der Waals surface area contributed by atoms with E-state index in [9.17, 15) is 14.4 Å². The maximum Gasteiger partial charge on any atom is 0.311 e. The Morgan fingerprint density at radius 2 is 1.86 bits per heavy atom. The van der Waals surface area contributed by atoms with Gasteiger partial charge in [-0.3, -0.25) is 14.4 Å². The Balaban J connectivity index is 1.56. The van der Waals surface area contributed by atoms with Crippen LogP contribution in [0.2, 0.25) is 0 Å². The lowest BCUT2D eigenvalue weighted by atomic mass is 10.1. The molecule has 7 heteroatoms. The second-order valence-electron chi connectivity index (χ2n) is 7.03. The van der Waals surface area contributed by atoms with E-state index in [0.29, 0.717) is 0 Å². The van der Waals surface area contributed by atoms with Gasteiger partial charge in [0.15, 0.2) is 6.61 Å². The first kappa shape index (κ1) is 20.9. The van der Waals surface area contributed by atoms with Crippen molar-refractivity contribution in [2.45, 2.75) is 25.2 Å². The van der Waals surface area contributed by atoms with Crippen LogP contribution in [-0.2, 0) is 19.1 Å². The second kappa shape index (κ2) is 9.13. The standard InChI is InChI=1S/C22H24N2O4S/c1-14-6-4-7-15(2)21(14)23-19(25)13-28-22(27)16-10-20(26)24(12-16)17-8-5-9-18(11-17)29-3/h4-9,11,16H,10,12-13H2,1-3H3,(H,23,25)/t16-/m0/s1. The van der Waals surface area contributed by atoms with E-state index < -0.39 is 17.8 Å². The van der Waals surface area contributed by atoms with Gasteiger partial charge in [-0.25, -0.2) is 0 Å². The predicted octanol–water partition coefficient (Wildman–Crippen LogP) is 3.56. The molecular formula is C22H24N2O4S. The Morgan fingerprint density at radius 3 is 2.55 bits per heavy atom. The van der Waals surface area contributed by atoms with E-state index in [2.05, 4.69) is 5.32 Å². The number of hydrogen-bond donors (Lipinski definition) is 1. The van der Waals surface area contributed by atoms with Crippen LogP contribution in [0.15, 0.2) is 47.4 Å². The molecule has 1 aliphatic rings. The highest BCUT2D eigenvalue weighted by molar-refractivity contribution is 7.98. The fraction of sp³-hybridized carbons (Fsp3) is 0.318. The molecule has 1 fully saturated rings. The third-order valence-corrected chi connectivity index (χ3v) is 5.64. The van der Waals surface area contributed by atoms with Crippen LogP contribution in [-0.4, -0.2) is 37.2 Å². The van der Waals surface area contributed by atoms with Crippen molar-refractivity contribution in [3.8, 4) is 0 Å². The Bertz CT molecular complexity index is 924. The summed E-state index contributed by atoms with van der Waals surface area (Å²) in [6.45, 7) is 3.69. The van der Waals surface area contributed by atoms with E-state index in [1.54, 1.807) is 16.7 Å². The Morgan fingerprint density at radius 1 is 1.17 bits per heavy atom. The first-order valence-electron chi connectivity index (χ1n) is 9.36. The summed E-state index contributed by atoms with van der Waals surface area (Å²) in [6, 6.07) is 13.3. The van der Waals surface area contributed by atoms with E-state index in [1.807, 2.05) is 62.6 Å². The minimum absolute atomic E-state index is 0.0842. The third kappa shape index (κ3) is 4.98. The summed E-state index contributed by atoms with van der Waals surface area (Å²) in [5.74, 6) is -1.62. The molecule has 1 heterocycles. The molecule has 0 spiro atoms. The molecule has 2 aromatic rings. The molecule has 2 aromatic carbocycles. The number of hydrogen-bond acceptors (Lipinski definition) is 5. The summed E-state index contributed by atoms with van der Waals surface area (Å²) < 4.78 is 5.18. The number of para-hydroxylation sites is 1. The number of nitrogens with zero attached hydrogens (tertiary/aromatic N) is 1. The average Bonchev–Trinajstić information content (AvgIpc) is 3.11. The van der Waals surface area contributed by atoms with Crippen LogP contribution in [0.4, 0.5) is 11.4 Å². The van der Waals surface area contributed by atoms with Gasteiger partial charge in [-0.1, -0.05) is 24.3 Å². The highest BCUT2D eigenvalue weighted by Gasteiger charge is 2.36. The van der Waals surface area contributed by atoms with Crippen molar-refractivity contribution in [1.82, 2.24) is 0 Å². The molecule has 1 atom stereocenters. The predicted molar refractivity (Wildman–Crippen MR) is 114 cm³/mol. The van der Waals surface area contributed by atoms with Gasteiger partial charge in [0.1, 0.15) is 0 Å². The summed E-state index contributed by atoms with van der Waals surface area (Å²) in [6.07, 6.45) is 2.05. The van der Waals surface area contributed by atoms with Crippen molar-refractivity contribution in [3.05, 3.63) is 53.6 Å². The summed E-state index contributed by atoms with van der Waals surface area (Å²) in [5, 5.41) is 2.78. The Hall–Kier alpha value is -2.80. The van der Waals surface area contributed by atoms with Gasteiger partial charge in [-0.15, -0.1) is 11.8 Å². The van der Waals surface area contributed by atoms with Crippen LogP contribution < -0.4 is 10.2 Å². The minimum atomic E-state index is -0.576. The summed E-state index contributed by atoms with van der Waals surface area (Å²) in [7, 11) is 0. The van der Waals surface area contributed by atoms with Crippen LogP contribution in [0.25, 0.3) is 0 Å². The zero-order chi connectivity index (χ0) is 21.0. The first-order valence-corrected chi connectivity index (χ1v) is 10.6. The average molecular weight is 413 g/mol. The van der Waals surface area contributed by atoms with E-state index in [4.69, 9.17) is 4.74 Å². The summed E-state index contributed by atoms with van der Waals surface area (Å²) in [4.78, 5) is 39.6. The van der Waals surface area contributed by atoms with Gasteiger partial charge < -0.3 is 15.0 Å². The molecule has 1 N–H and O–H groups in total. The lowest BCUT2D eigenvalue weighted by Gasteiger charge is -2.17. The lowest BCUT2D eigenvalue weighted by molar-refractivity contribution is -0.151. The number of carbonyl (C=O) groups excluding carboxylic acids is 3. The molecule has 1 aliphatic heterocycles. The van der Waals surface area contributed by atoms with Gasteiger partial charge in [-0.05, 0) is 49.4 Å².